The topological polar surface area (TPSA) is 12.0 Å². The summed E-state index contributed by atoms with van der Waals surface area (Å²) in [6.07, 6.45) is 8.14. The minimum atomic E-state index is -0.187. The van der Waals surface area contributed by atoms with Crippen LogP contribution in [0.15, 0.2) is 24.3 Å². The molecule has 0 saturated heterocycles. The molecule has 0 bridgehead atoms. The van der Waals surface area contributed by atoms with E-state index in [1.165, 1.54) is 12.1 Å². The van der Waals surface area contributed by atoms with E-state index >= 15 is 0 Å². The normalized spacial score (nSPS) is 9.87. The summed E-state index contributed by atoms with van der Waals surface area (Å²) in [5, 5.41) is 3.29. The van der Waals surface area contributed by atoms with Gasteiger partial charge in [-0.15, -0.1) is 12.3 Å². The monoisotopic (exact) mass is 205 g/mol. The van der Waals surface area contributed by atoms with Gasteiger partial charge in [-0.05, 0) is 37.1 Å². The molecular weight excluding hydrogens is 189 g/mol. The highest BCUT2D eigenvalue weighted by atomic mass is 19.1. The summed E-state index contributed by atoms with van der Waals surface area (Å²) in [6.45, 7) is 1.75. The molecule has 1 aromatic carbocycles. The van der Waals surface area contributed by atoms with E-state index in [4.69, 9.17) is 6.42 Å². The molecular formula is C13H16FN. The maximum Gasteiger partial charge on any atom is 0.123 e. The minimum Gasteiger partial charge on any atom is -0.313 e. The number of terminal acetylenes is 1. The predicted molar refractivity (Wildman–Crippen MR) is 60.8 cm³/mol. The molecule has 0 radical (unpaired) electrons. The van der Waals surface area contributed by atoms with E-state index in [1.807, 2.05) is 0 Å². The van der Waals surface area contributed by atoms with Crippen molar-refractivity contribution in [3.8, 4) is 12.3 Å². The zero-order chi connectivity index (χ0) is 10.9. The molecule has 0 amide bonds. The number of hydrogen-bond acceptors (Lipinski definition) is 1. The highest BCUT2D eigenvalue weighted by Gasteiger charge is 1.93. The van der Waals surface area contributed by atoms with Crippen LogP contribution in [-0.2, 0) is 6.54 Å². The molecule has 1 aromatic rings. The number of halogens is 1. The van der Waals surface area contributed by atoms with Crippen molar-refractivity contribution in [2.24, 2.45) is 0 Å². The van der Waals surface area contributed by atoms with Gasteiger partial charge in [-0.3, -0.25) is 0 Å². The van der Waals surface area contributed by atoms with Gasteiger partial charge in [0.15, 0.2) is 0 Å². The van der Waals surface area contributed by atoms with E-state index in [0.29, 0.717) is 0 Å². The van der Waals surface area contributed by atoms with E-state index < -0.39 is 0 Å². The summed E-state index contributed by atoms with van der Waals surface area (Å²) in [5.74, 6) is 2.43. The fourth-order valence-electron chi connectivity index (χ4n) is 1.31. The molecule has 1 N–H and O–H groups in total. The maximum absolute atomic E-state index is 12.6. The smallest absolute Gasteiger partial charge is 0.123 e. The van der Waals surface area contributed by atoms with Gasteiger partial charge in [0.1, 0.15) is 5.82 Å². The number of hydrogen-bond donors (Lipinski definition) is 1. The standard InChI is InChI=1S/C13H16FN/c1-2-3-4-5-10-15-11-12-6-8-13(14)9-7-12/h1,6-9,15H,3-5,10-11H2. The van der Waals surface area contributed by atoms with Gasteiger partial charge in [0.25, 0.3) is 0 Å². The summed E-state index contributed by atoms with van der Waals surface area (Å²) in [6, 6.07) is 6.55. The molecule has 0 aliphatic carbocycles. The van der Waals surface area contributed by atoms with E-state index in [1.54, 1.807) is 12.1 Å². The molecule has 0 saturated carbocycles. The van der Waals surface area contributed by atoms with Crippen molar-refractivity contribution < 1.29 is 4.39 Å². The zero-order valence-electron chi connectivity index (χ0n) is 8.80. The zero-order valence-corrected chi connectivity index (χ0v) is 8.80. The third-order valence-electron chi connectivity index (χ3n) is 2.17. The van der Waals surface area contributed by atoms with E-state index in [2.05, 4.69) is 11.2 Å². The molecule has 1 nitrogen and oxygen atoms in total. The molecule has 0 aliphatic heterocycles. The fraction of sp³-hybridized carbons (Fsp3) is 0.385. The SMILES string of the molecule is C#CCCCCNCc1ccc(F)cc1. The van der Waals surface area contributed by atoms with Gasteiger partial charge in [0.2, 0.25) is 0 Å². The van der Waals surface area contributed by atoms with Crippen LogP contribution in [0.1, 0.15) is 24.8 Å². The molecule has 0 aromatic heterocycles. The van der Waals surface area contributed by atoms with Crippen molar-refractivity contribution in [3.05, 3.63) is 35.6 Å². The highest BCUT2D eigenvalue weighted by molar-refractivity contribution is 5.15. The first kappa shape index (κ1) is 11.7. The van der Waals surface area contributed by atoms with Crippen molar-refractivity contribution in [2.45, 2.75) is 25.8 Å². The van der Waals surface area contributed by atoms with Gasteiger partial charge in [0, 0.05) is 13.0 Å². The molecule has 1 rings (SSSR count). The van der Waals surface area contributed by atoms with Crippen LogP contribution in [-0.4, -0.2) is 6.54 Å². The van der Waals surface area contributed by atoms with Crippen LogP contribution in [0.4, 0.5) is 4.39 Å². The van der Waals surface area contributed by atoms with Crippen LogP contribution >= 0.6 is 0 Å². The van der Waals surface area contributed by atoms with Crippen LogP contribution in [0.5, 0.6) is 0 Å². The quantitative estimate of drug-likeness (QED) is 0.556. The summed E-state index contributed by atoms with van der Waals surface area (Å²) in [5.41, 5.74) is 1.10. The maximum atomic E-state index is 12.6. The lowest BCUT2D eigenvalue weighted by atomic mass is 10.2. The number of unbranched alkanes of at least 4 members (excludes halogenated alkanes) is 2. The Labute approximate surface area is 90.7 Å². The predicted octanol–water partition coefficient (Wildman–Crippen LogP) is 2.72. The van der Waals surface area contributed by atoms with Gasteiger partial charge in [-0.2, -0.15) is 0 Å². The molecule has 15 heavy (non-hydrogen) atoms. The Morgan fingerprint density at radius 1 is 1.20 bits per heavy atom. The van der Waals surface area contributed by atoms with E-state index in [9.17, 15) is 4.39 Å². The third-order valence-corrected chi connectivity index (χ3v) is 2.17. The summed E-state index contributed by atoms with van der Waals surface area (Å²) in [7, 11) is 0. The lowest BCUT2D eigenvalue weighted by Crippen LogP contribution is -2.14. The van der Waals surface area contributed by atoms with Gasteiger partial charge in [0.05, 0.1) is 0 Å². The van der Waals surface area contributed by atoms with Gasteiger partial charge in [-0.1, -0.05) is 12.1 Å². The molecule has 80 valence electrons. The molecule has 0 fully saturated rings. The fourth-order valence-corrected chi connectivity index (χ4v) is 1.31. The third kappa shape index (κ3) is 5.19. The summed E-state index contributed by atoms with van der Waals surface area (Å²) >= 11 is 0. The first-order chi connectivity index (χ1) is 7.33. The van der Waals surface area contributed by atoms with Crippen LogP contribution in [0.25, 0.3) is 0 Å². The van der Waals surface area contributed by atoms with E-state index in [-0.39, 0.29) is 5.82 Å². The summed E-state index contributed by atoms with van der Waals surface area (Å²) < 4.78 is 12.6. The van der Waals surface area contributed by atoms with Crippen molar-refractivity contribution >= 4 is 0 Å². The lowest BCUT2D eigenvalue weighted by molar-refractivity contribution is 0.618. The number of rotatable bonds is 6. The molecule has 0 heterocycles. The van der Waals surface area contributed by atoms with Crippen LogP contribution in [0, 0.1) is 18.2 Å². The number of benzene rings is 1. The second kappa shape index (κ2) is 7.03. The molecule has 0 unspecified atom stereocenters. The Kier molecular flexibility index (Phi) is 5.50. The Morgan fingerprint density at radius 3 is 2.60 bits per heavy atom. The second-order valence-electron chi connectivity index (χ2n) is 3.46. The van der Waals surface area contributed by atoms with Crippen LogP contribution in [0.2, 0.25) is 0 Å². The molecule has 0 spiro atoms. The average Bonchev–Trinajstić information content (AvgIpc) is 2.26. The van der Waals surface area contributed by atoms with Crippen molar-refractivity contribution in [2.75, 3.05) is 6.54 Å². The Bertz CT molecular complexity index is 310. The minimum absolute atomic E-state index is 0.187. The Morgan fingerprint density at radius 2 is 1.93 bits per heavy atom. The molecule has 0 atom stereocenters. The van der Waals surface area contributed by atoms with Crippen LogP contribution < -0.4 is 5.32 Å². The molecule has 2 heteroatoms. The van der Waals surface area contributed by atoms with Crippen molar-refractivity contribution in [1.82, 2.24) is 5.32 Å². The largest absolute Gasteiger partial charge is 0.313 e. The van der Waals surface area contributed by atoms with Gasteiger partial charge in [-0.25, -0.2) is 4.39 Å². The average molecular weight is 205 g/mol. The first-order valence-corrected chi connectivity index (χ1v) is 5.21. The molecule has 0 aliphatic rings. The number of nitrogens with one attached hydrogen (secondary N) is 1. The first-order valence-electron chi connectivity index (χ1n) is 5.21. The van der Waals surface area contributed by atoms with Crippen molar-refractivity contribution in [1.29, 1.82) is 0 Å². The highest BCUT2D eigenvalue weighted by Crippen LogP contribution is 2.02. The summed E-state index contributed by atoms with van der Waals surface area (Å²) in [4.78, 5) is 0. The van der Waals surface area contributed by atoms with Crippen LogP contribution in [0.3, 0.4) is 0 Å². The second-order valence-corrected chi connectivity index (χ2v) is 3.46. The van der Waals surface area contributed by atoms with Crippen molar-refractivity contribution in [3.63, 3.8) is 0 Å². The van der Waals surface area contributed by atoms with E-state index in [0.717, 1.165) is 37.9 Å². The van der Waals surface area contributed by atoms with Gasteiger partial charge >= 0.3 is 0 Å². The Balaban J connectivity index is 2.10. The lowest BCUT2D eigenvalue weighted by Gasteiger charge is -2.03. The van der Waals surface area contributed by atoms with Gasteiger partial charge < -0.3 is 5.32 Å². The Hall–Kier alpha value is -1.33.